The Kier molecular flexibility index (Phi) is 4.88. The molecule has 1 fully saturated rings. The summed E-state index contributed by atoms with van der Waals surface area (Å²) in [6.45, 7) is 3.50. The summed E-state index contributed by atoms with van der Waals surface area (Å²) >= 11 is 1.86. The summed E-state index contributed by atoms with van der Waals surface area (Å²) in [5.74, 6) is 1.36. The van der Waals surface area contributed by atoms with Crippen molar-refractivity contribution in [2.45, 2.75) is 26.7 Å². The number of thioether (sulfide) groups is 1. The Balaban J connectivity index is 2.88. The maximum Gasteiger partial charge on any atom is 0.341 e. The second-order valence-electron chi connectivity index (χ2n) is 3.37. The third kappa shape index (κ3) is 3.38. The lowest BCUT2D eigenvalue weighted by molar-refractivity contribution is -0.139. The van der Waals surface area contributed by atoms with Crippen LogP contribution in [-0.4, -0.2) is 29.9 Å². The Morgan fingerprint density at radius 1 is 1.33 bits per heavy atom. The number of ketones is 1. The molecule has 1 aliphatic rings. The van der Waals surface area contributed by atoms with Crippen molar-refractivity contribution in [2.75, 3.05) is 18.1 Å². The first kappa shape index (κ1) is 12.3. The molecule has 4 heteroatoms. The SMILES string of the molecule is CCOC(=O)C(C(C)=O)=C1CCSCC1. The lowest BCUT2D eigenvalue weighted by Gasteiger charge is -2.16. The summed E-state index contributed by atoms with van der Waals surface area (Å²) < 4.78 is 4.89. The molecule has 1 aliphatic heterocycles. The Morgan fingerprint density at radius 2 is 1.93 bits per heavy atom. The zero-order valence-electron chi connectivity index (χ0n) is 9.17. The molecule has 15 heavy (non-hydrogen) atoms. The number of rotatable bonds is 3. The molecule has 0 aromatic carbocycles. The fraction of sp³-hybridized carbons (Fsp3) is 0.636. The number of hydrogen-bond donors (Lipinski definition) is 0. The second kappa shape index (κ2) is 5.95. The van der Waals surface area contributed by atoms with Crippen molar-refractivity contribution in [3.63, 3.8) is 0 Å². The first-order valence-electron chi connectivity index (χ1n) is 5.14. The molecule has 0 amide bonds. The molecule has 0 bridgehead atoms. The first-order valence-corrected chi connectivity index (χ1v) is 6.30. The maximum absolute atomic E-state index is 11.6. The summed E-state index contributed by atoms with van der Waals surface area (Å²) in [6.07, 6.45) is 1.66. The molecule has 1 saturated heterocycles. The van der Waals surface area contributed by atoms with Gasteiger partial charge in [0.15, 0.2) is 5.78 Å². The van der Waals surface area contributed by atoms with Crippen molar-refractivity contribution in [1.82, 2.24) is 0 Å². The van der Waals surface area contributed by atoms with Crippen molar-refractivity contribution in [2.24, 2.45) is 0 Å². The van der Waals surface area contributed by atoms with Crippen LogP contribution in [0.4, 0.5) is 0 Å². The third-order valence-corrected chi connectivity index (χ3v) is 3.27. The minimum absolute atomic E-state index is 0.171. The molecule has 1 heterocycles. The molecule has 0 saturated carbocycles. The van der Waals surface area contributed by atoms with Gasteiger partial charge >= 0.3 is 5.97 Å². The van der Waals surface area contributed by atoms with E-state index in [1.54, 1.807) is 6.92 Å². The van der Waals surface area contributed by atoms with Crippen molar-refractivity contribution >= 4 is 23.5 Å². The molecule has 3 nitrogen and oxygen atoms in total. The lowest BCUT2D eigenvalue weighted by Crippen LogP contribution is -2.18. The molecule has 0 aliphatic carbocycles. The maximum atomic E-state index is 11.6. The van der Waals surface area contributed by atoms with E-state index in [0.29, 0.717) is 6.61 Å². The largest absolute Gasteiger partial charge is 0.462 e. The van der Waals surface area contributed by atoms with Crippen LogP contribution in [0, 0.1) is 0 Å². The molecular weight excluding hydrogens is 212 g/mol. The van der Waals surface area contributed by atoms with E-state index in [0.717, 1.165) is 29.9 Å². The highest BCUT2D eigenvalue weighted by molar-refractivity contribution is 7.99. The van der Waals surface area contributed by atoms with Crippen LogP contribution in [0.5, 0.6) is 0 Å². The van der Waals surface area contributed by atoms with Crippen LogP contribution in [0.15, 0.2) is 11.1 Å². The normalized spacial score (nSPS) is 16.0. The average molecular weight is 228 g/mol. The van der Waals surface area contributed by atoms with Crippen molar-refractivity contribution in [3.8, 4) is 0 Å². The summed E-state index contributed by atoms with van der Waals surface area (Å²) in [5, 5.41) is 0. The molecular formula is C11H16O3S. The van der Waals surface area contributed by atoms with Crippen molar-refractivity contribution < 1.29 is 14.3 Å². The number of hydrogen-bond acceptors (Lipinski definition) is 4. The van der Waals surface area contributed by atoms with E-state index in [1.165, 1.54) is 6.92 Å². The fourth-order valence-electron chi connectivity index (χ4n) is 1.61. The van der Waals surface area contributed by atoms with Crippen LogP contribution in [0.25, 0.3) is 0 Å². The Bertz CT molecular complexity index is 286. The standard InChI is InChI=1S/C11H16O3S/c1-3-14-11(13)10(8(2)12)9-4-6-15-7-5-9/h3-7H2,1-2H3. The Morgan fingerprint density at radius 3 is 2.40 bits per heavy atom. The van der Waals surface area contributed by atoms with E-state index in [9.17, 15) is 9.59 Å². The van der Waals surface area contributed by atoms with Crippen LogP contribution in [0.1, 0.15) is 26.7 Å². The van der Waals surface area contributed by atoms with Gasteiger partial charge in [-0.2, -0.15) is 11.8 Å². The van der Waals surface area contributed by atoms with E-state index in [1.807, 2.05) is 11.8 Å². The van der Waals surface area contributed by atoms with Gasteiger partial charge in [0.2, 0.25) is 0 Å². The summed E-state index contributed by atoms with van der Waals surface area (Å²) in [6, 6.07) is 0. The number of ether oxygens (including phenoxy) is 1. The summed E-state index contributed by atoms with van der Waals surface area (Å²) in [7, 11) is 0. The van der Waals surface area contributed by atoms with E-state index in [2.05, 4.69) is 0 Å². The average Bonchev–Trinajstić information content (AvgIpc) is 2.19. The van der Waals surface area contributed by atoms with Crippen LogP contribution < -0.4 is 0 Å². The Labute approximate surface area is 94.3 Å². The molecule has 0 aromatic rings. The van der Waals surface area contributed by atoms with Gasteiger partial charge in [-0.1, -0.05) is 5.57 Å². The summed E-state index contributed by atoms with van der Waals surface area (Å²) in [5.41, 5.74) is 1.26. The topological polar surface area (TPSA) is 43.4 Å². The molecule has 0 aromatic heterocycles. The predicted octanol–water partition coefficient (Wildman–Crippen LogP) is 1.96. The molecule has 0 unspecified atom stereocenters. The third-order valence-electron chi connectivity index (χ3n) is 2.28. The number of esters is 1. The molecule has 0 N–H and O–H groups in total. The van der Waals surface area contributed by atoms with E-state index >= 15 is 0 Å². The second-order valence-corrected chi connectivity index (χ2v) is 4.59. The molecule has 84 valence electrons. The molecule has 0 radical (unpaired) electrons. The van der Waals surface area contributed by atoms with Crippen LogP contribution in [-0.2, 0) is 14.3 Å². The van der Waals surface area contributed by atoms with E-state index < -0.39 is 5.97 Å². The molecule has 1 rings (SSSR count). The van der Waals surface area contributed by atoms with Crippen LogP contribution in [0.2, 0.25) is 0 Å². The highest BCUT2D eigenvalue weighted by Crippen LogP contribution is 2.25. The number of Topliss-reactive ketones (excluding diaryl/α,β-unsaturated/α-hetero) is 1. The highest BCUT2D eigenvalue weighted by Gasteiger charge is 2.22. The van der Waals surface area contributed by atoms with Crippen LogP contribution >= 0.6 is 11.8 Å². The van der Waals surface area contributed by atoms with E-state index in [-0.39, 0.29) is 11.4 Å². The fourth-order valence-corrected chi connectivity index (χ4v) is 2.59. The van der Waals surface area contributed by atoms with Gasteiger partial charge in [-0.15, -0.1) is 0 Å². The number of allylic oxidation sites excluding steroid dienone is 1. The molecule has 0 atom stereocenters. The van der Waals surface area contributed by atoms with Gasteiger partial charge in [0.1, 0.15) is 5.57 Å². The van der Waals surface area contributed by atoms with Crippen molar-refractivity contribution in [1.29, 1.82) is 0 Å². The minimum Gasteiger partial charge on any atom is -0.462 e. The van der Waals surface area contributed by atoms with E-state index in [4.69, 9.17) is 4.74 Å². The van der Waals surface area contributed by atoms with Gasteiger partial charge in [-0.05, 0) is 38.2 Å². The van der Waals surface area contributed by atoms with Gasteiger partial charge in [0.25, 0.3) is 0 Å². The zero-order valence-corrected chi connectivity index (χ0v) is 9.99. The van der Waals surface area contributed by atoms with Crippen LogP contribution in [0.3, 0.4) is 0 Å². The Hall–Kier alpha value is -0.770. The highest BCUT2D eigenvalue weighted by atomic mass is 32.2. The van der Waals surface area contributed by atoms with Crippen molar-refractivity contribution in [3.05, 3.63) is 11.1 Å². The quantitative estimate of drug-likeness (QED) is 0.320. The number of carbonyl (C=O) groups excluding carboxylic acids is 2. The van der Waals surface area contributed by atoms with Gasteiger partial charge in [0.05, 0.1) is 6.61 Å². The number of carbonyl (C=O) groups is 2. The van der Waals surface area contributed by atoms with Gasteiger partial charge in [0, 0.05) is 0 Å². The predicted molar refractivity (Wildman–Crippen MR) is 60.9 cm³/mol. The van der Waals surface area contributed by atoms with Gasteiger partial charge in [-0.3, -0.25) is 4.79 Å². The summed E-state index contributed by atoms with van der Waals surface area (Å²) in [4.78, 5) is 23.0. The van der Waals surface area contributed by atoms with Gasteiger partial charge < -0.3 is 4.74 Å². The molecule has 0 spiro atoms. The minimum atomic E-state index is -0.452. The van der Waals surface area contributed by atoms with Gasteiger partial charge in [-0.25, -0.2) is 4.79 Å². The smallest absolute Gasteiger partial charge is 0.341 e. The zero-order chi connectivity index (χ0) is 11.3. The monoisotopic (exact) mass is 228 g/mol. The lowest BCUT2D eigenvalue weighted by atomic mass is 10.00. The first-order chi connectivity index (χ1) is 7.16.